The summed E-state index contributed by atoms with van der Waals surface area (Å²) in [6.07, 6.45) is -13.4. The second-order valence-electron chi connectivity index (χ2n) is 8.29. The molecule has 0 radical (unpaired) electrons. The van der Waals surface area contributed by atoms with Crippen LogP contribution >= 0.6 is 0 Å². The first-order chi connectivity index (χ1) is 14.0. The summed E-state index contributed by atoms with van der Waals surface area (Å²) in [6, 6.07) is 0. The Bertz CT molecular complexity index is 537. The molecular weight excluding hydrogens is 404 g/mol. The number of aliphatic hydroxyl groups is 8. The van der Waals surface area contributed by atoms with Crippen LogP contribution in [0.5, 0.6) is 0 Å². The summed E-state index contributed by atoms with van der Waals surface area (Å²) in [6.45, 7) is 0.592. The smallest absolute Gasteiger partial charge is 0.118 e. The third-order valence-electron chi connectivity index (χ3n) is 6.22. The van der Waals surface area contributed by atoms with Crippen LogP contribution in [-0.2, 0) is 9.47 Å². The van der Waals surface area contributed by atoms with E-state index in [0.717, 1.165) is 0 Å². The Kier molecular flexibility index (Phi) is 8.96. The van der Waals surface area contributed by atoms with Crippen molar-refractivity contribution in [3.8, 4) is 0 Å². The van der Waals surface area contributed by atoms with Crippen LogP contribution < -0.4 is 11.5 Å². The van der Waals surface area contributed by atoms with E-state index in [1.54, 1.807) is 0 Å². The molecule has 0 aliphatic carbocycles. The molecular formula is C18H36N2O10. The van der Waals surface area contributed by atoms with Crippen LogP contribution in [0.4, 0.5) is 0 Å². The second-order valence-corrected chi connectivity index (χ2v) is 8.29. The predicted octanol–water partition coefficient (Wildman–Crippen LogP) is -4.91. The van der Waals surface area contributed by atoms with Gasteiger partial charge < -0.3 is 61.8 Å². The fraction of sp³-hybridized carbons (Fsp3) is 1.00. The van der Waals surface area contributed by atoms with Crippen LogP contribution in [0.25, 0.3) is 0 Å². The summed E-state index contributed by atoms with van der Waals surface area (Å²) in [5.41, 5.74) is 10.8. The normalized spacial score (nSPS) is 44.1. The fourth-order valence-electron chi connectivity index (χ4n) is 4.31. The van der Waals surface area contributed by atoms with Crippen molar-refractivity contribution in [2.24, 2.45) is 17.4 Å². The Morgan fingerprint density at radius 3 is 1.77 bits per heavy atom. The molecule has 2 saturated heterocycles. The third-order valence-corrected chi connectivity index (χ3v) is 6.22. The fourth-order valence-corrected chi connectivity index (χ4v) is 4.31. The van der Waals surface area contributed by atoms with Crippen molar-refractivity contribution in [2.45, 2.75) is 92.9 Å². The number of unbranched alkanes of at least 4 members (excludes halogenated alkanes) is 1. The predicted molar refractivity (Wildman–Crippen MR) is 102 cm³/mol. The van der Waals surface area contributed by atoms with E-state index in [9.17, 15) is 40.9 Å². The molecule has 11 atom stereocenters. The molecule has 12 nitrogen and oxygen atoms in total. The Balaban J connectivity index is 2.38. The number of hydrogen-bond donors (Lipinski definition) is 10. The summed E-state index contributed by atoms with van der Waals surface area (Å²) >= 11 is 0. The molecule has 12 N–H and O–H groups in total. The number of hydrogen-bond acceptors (Lipinski definition) is 12. The molecule has 2 aliphatic heterocycles. The molecule has 2 rings (SSSR count). The third kappa shape index (κ3) is 4.80. The second kappa shape index (κ2) is 10.4. The zero-order valence-electron chi connectivity index (χ0n) is 16.9. The lowest BCUT2D eigenvalue weighted by Crippen LogP contribution is -2.76. The summed E-state index contributed by atoms with van der Waals surface area (Å²) in [4.78, 5) is 0. The molecule has 2 fully saturated rings. The van der Waals surface area contributed by atoms with E-state index in [1.807, 2.05) is 6.92 Å². The molecule has 0 amide bonds. The van der Waals surface area contributed by atoms with E-state index >= 15 is 0 Å². The molecule has 3 unspecified atom stereocenters. The van der Waals surface area contributed by atoms with Crippen molar-refractivity contribution in [1.29, 1.82) is 0 Å². The molecule has 0 aromatic carbocycles. The lowest BCUT2D eigenvalue weighted by atomic mass is 9.73. The number of aliphatic hydroxyl groups excluding tert-OH is 8. The molecule has 0 spiro atoms. The van der Waals surface area contributed by atoms with Gasteiger partial charge in [0.1, 0.15) is 54.9 Å². The van der Waals surface area contributed by atoms with Crippen molar-refractivity contribution >= 4 is 0 Å². The maximum Gasteiger partial charge on any atom is 0.118 e. The first-order valence-corrected chi connectivity index (χ1v) is 10.2. The highest BCUT2D eigenvalue weighted by molar-refractivity contribution is 5.08. The first kappa shape index (κ1) is 25.8. The van der Waals surface area contributed by atoms with E-state index in [0.29, 0.717) is 12.8 Å². The molecule has 0 bridgehead atoms. The van der Waals surface area contributed by atoms with Crippen LogP contribution in [0.2, 0.25) is 0 Å². The van der Waals surface area contributed by atoms with Gasteiger partial charge in [-0.2, -0.15) is 0 Å². The van der Waals surface area contributed by atoms with E-state index < -0.39 is 85.8 Å². The van der Waals surface area contributed by atoms with Gasteiger partial charge in [-0.25, -0.2) is 0 Å². The van der Waals surface area contributed by atoms with Gasteiger partial charge in [-0.3, -0.25) is 0 Å². The Labute approximate surface area is 174 Å². The van der Waals surface area contributed by atoms with Gasteiger partial charge >= 0.3 is 0 Å². The SMILES string of the molecule is CCCCC(C1O[C@H](CO)[C@@H](O)[C@H](O)[C@H]1O)C(N)(N)C1O[C@H](CO)[C@@H](O)[C@H](O)[C@H]1O. The van der Waals surface area contributed by atoms with Crippen LogP contribution in [0.3, 0.4) is 0 Å². The Hall–Kier alpha value is -0.480. The van der Waals surface area contributed by atoms with Crippen LogP contribution in [0.1, 0.15) is 26.2 Å². The summed E-state index contributed by atoms with van der Waals surface area (Å²) in [7, 11) is 0. The number of nitrogens with two attached hydrogens (primary N) is 2. The topological polar surface area (TPSA) is 232 Å². The van der Waals surface area contributed by atoms with Crippen molar-refractivity contribution < 1.29 is 50.3 Å². The van der Waals surface area contributed by atoms with E-state index in [1.165, 1.54) is 0 Å². The number of ether oxygens (including phenoxy) is 2. The maximum atomic E-state index is 10.6. The minimum absolute atomic E-state index is 0.251. The molecule has 2 heterocycles. The van der Waals surface area contributed by atoms with Gasteiger partial charge in [0.05, 0.1) is 25.0 Å². The molecule has 0 aromatic heterocycles. The van der Waals surface area contributed by atoms with Gasteiger partial charge in [0.15, 0.2) is 0 Å². The lowest BCUT2D eigenvalue weighted by Gasteiger charge is -2.52. The molecule has 12 heteroatoms. The van der Waals surface area contributed by atoms with Crippen LogP contribution in [-0.4, -0.2) is 121 Å². The van der Waals surface area contributed by atoms with Gasteiger partial charge in [-0.1, -0.05) is 19.8 Å². The van der Waals surface area contributed by atoms with Crippen LogP contribution in [0, 0.1) is 5.92 Å². The van der Waals surface area contributed by atoms with E-state index in [-0.39, 0.29) is 6.42 Å². The van der Waals surface area contributed by atoms with Crippen molar-refractivity contribution in [1.82, 2.24) is 0 Å². The van der Waals surface area contributed by atoms with Gasteiger partial charge in [0.25, 0.3) is 0 Å². The molecule has 0 saturated carbocycles. The molecule has 2 aliphatic rings. The van der Waals surface area contributed by atoms with E-state index in [2.05, 4.69) is 0 Å². The van der Waals surface area contributed by atoms with Crippen LogP contribution in [0.15, 0.2) is 0 Å². The van der Waals surface area contributed by atoms with Gasteiger partial charge in [0.2, 0.25) is 0 Å². The zero-order chi connectivity index (χ0) is 22.8. The maximum absolute atomic E-state index is 10.6. The highest BCUT2D eigenvalue weighted by Crippen LogP contribution is 2.37. The average Bonchev–Trinajstić information content (AvgIpc) is 2.71. The number of rotatable bonds is 8. The molecule has 0 aromatic rings. The summed E-state index contributed by atoms with van der Waals surface area (Å²) in [5.74, 6) is -0.968. The minimum Gasteiger partial charge on any atom is -0.394 e. The molecule has 30 heavy (non-hydrogen) atoms. The van der Waals surface area contributed by atoms with Crippen molar-refractivity contribution in [3.05, 3.63) is 0 Å². The van der Waals surface area contributed by atoms with E-state index in [4.69, 9.17) is 20.9 Å². The van der Waals surface area contributed by atoms with Crippen molar-refractivity contribution in [3.63, 3.8) is 0 Å². The van der Waals surface area contributed by atoms with Crippen molar-refractivity contribution in [2.75, 3.05) is 13.2 Å². The summed E-state index contributed by atoms with van der Waals surface area (Å²) in [5, 5.41) is 80.3. The molecule has 178 valence electrons. The van der Waals surface area contributed by atoms with Gasteiger partial charge in [-0.05, 0) is 6.42 Å². The largest absolute Gasteiger partial charge is 0.394 e. The summed E-state index contributed by atoms with van der Waals surface area (Å²) < 4.78 is 11.2. The quantitative estimate of drug-likeness (QED) is 0.160. The highest BCUT2D eigenvalue weighted by atomic mass is 16.6. The average molecular weight is 440 g/mol. The Morgan fingerprint density at radius 2 is 1.27 bits per heavy atom. The lowest BCUT2D eigenvalue weighted by molar-refractivity contribution is -0.272. The Morgan fingerprint density at radius 1 is 0.767 bits per heavy atom. The minimum atomic E-state index is -1.96. The van der Waals surface area contributed by atoms with Gasteiger partial charge in [0, 0.05) is 5.92 Å². The monoisotopic (exact) mass is 440 g/mol. The van der Waals surface area contributed by atoms with Gasteiger partial charge in [-0.15, -0.1) is 0 Å². The highest BCUT2D eigenvalue weighted by Gasteiger charge is 2.57. The first-order valence-electron chi connectivity index (χ1n) is 10.2. The zero-order valence-corrected chi connectivity index (χ0v) is 16.9. The standard InChI is InChI=1S/C18H36N2O10/c1-2-3-4-7(16-14(27)12(25)10(23)8(5-21)29-16)18(19,20)17-15(28)13(26)11(24)9(6-22)30-17/h7-17,21-28H,2-6,19-20H2,1H3/t7?,8-,9-,10-,11-,12+,13+,14-,15-,16?,17?/m1/s1.